The highest BCUT2D eigenvalue weighted by molar-refractivity contribution is 5.84. The Morgan fingerprint density at radius 3 is 2.52 bits per heavy atom. The molecule has 2 aromatic rings. The Bertz CT molecular complexity index is 824. The van der Waals surface area contributed by atoms with Crippen LogP contribution in [0.2, 0.25) is 0 Å². The van der Waals surface area contributed by atoms with Crippen molar-refractivity contribution in [2.45, 2.75) is 19.8 Å². The molecule has 0 saturated heterocycles. The molecule has 2 aromatic carbocycles. The topological polar surface area (TPSA) is 84.0 Å². The summed E-state index contributed by atoms with van der Waals surface area (Å²) in [7, 11) is 0. The van der Waals surface area contributed by atoms with Gasteiger partial charge in [0.2, 0.25) is 12.7 Å². The van der Waals surface area contributed by atoms with Gasteiger partial charge in [-0.3, -0.25) is 4.79 Å². The van der Waals surface area contributed by atoms with E-state index in [-0.39, 0.29) is 19.2 Å². The Balaban J connectivity index is 1.39. The van der Waals surface area contributed by atoms with Gasteiger partial charge in [0.25, 0.3) is 0 Å². The van der Waals surface area contributed by atoms with Crippen LogP contribution in [-0.2, 0) is 17.6 Å². The number of hydrogen-bond donors (Lipinski definition) is 3. The van der Waals surface area contributed by atoms with Crippen LogP contribution in [-0.4, -0.2) is 44.8 Å². The van der Waals surface area contributed by atoms with Crippen molar-refractivity contribution >= 4 is 11.9 Å². The predicted octanol–water partition coefficient (Wildman–Crippen LogP) is 1.87. The molecule has 1 aliphatic rings. The number of benzene rings is 2. The smallest absolute Gasteiger partial charge is 0.241 e. The normalized spacial score (nSPS) is 12.5. The zero-order valence-electron chi connectivity index (χ0n) is 16.7. The summed E-state index contributed by atoms with van der Waals surface area (Å²) in [4.78, 5) is 16.4. The molecule has 3 N–H and O–H groups in total. The monoisotopic (exact) mass is 396 g/mol. The highest BCUT2D eigenvalue weighted by atomic mass is 16.7. The third-order valence-electron chi connectivity index (χ3n) is 4.45. The summed E-state index contributed by atoms with van der Waals surface area (Å²) in [5.41, 5.74) is 2.35. The number of amides is 1. The summed E-state index contributed by atoms with van der Waals surface area (Å²) >= 11 is 0. The molecule has 0 bridgehead atoms. The number of ether oxygens (including phenoxy) is 2. The number of aliphatic imine (C=N–C) groups is 1. The molecule has 1 heterocycles. The molecule has 0 aromatic heterocycles. The van der Waals surface area contributed by atoms with Crippen molar-refractivity contribution in [2.24, 2.45) is 4.99 Å². The maximum Gasteiger partial charge on any atom is 0.241 e. The maximum atomic E-state index is 12.0. The van der Waals surface area contributed by atoms with Crippen LogP contribution in [0, 0.1) is 0 Å². The lowest BCUT2D eigenvalue weighted by atomic mass is 10.1. The van der Waals surface area contributed by atoms with E-state index in [1.54, 1.807) is 0 Å². The highest BCUT2D eigenvalue weighted by Gasteiger charge is 2.13. The van der Waals surface area contributed by atoms with Gasteiger partial charge in [-0.25, -0.2) is 4.99 Å². The van der Waals surface area contributed by atoms with Gasteiger partial charge in [-0.2, -0.15) is 0 Å². The number of nitrogens with zero attached hydrogens (tertiary/aromatic N) is 1. The maximum absolute atomic E-state index is 12.0. The van der Waals surface area contributed by atoms with E-state index in [4.69, 9.17) is 9.47 Å². The minimum Gasteiger partial charge on any atom is -0.454 e. The van der Waals surface area contributed by atoms with Crippen LogP contribution < -0.4 is 25.4 Å². The Hall–Kier alpha value is -3.22. The van der Waals surface area contributed by atoms with E-state index in [0.717, 1.165) is 36.4 Å². The van der Waals surface area contributed by atoms with Crippen molar-refractivity contribution in [3.05, 3.63) is 59.7 Å². The molecule has 7 nitrogen and oxygen atoms in total. The average molecular weight is 396 g/mol. The number of fused-ring (bicyclic) bond motifs is 1. The first-order valence-corrected chi connectivity index (χ1v) is 9.96. The molecule has 0 unspecified atom stereocenters. The molecule has 154 valence electrons. The van der Waals surface area contributed by atoms with E-state index in [1.165, 1.54) is 5.56 Å². The molecular formula is C22H28N4O3. The fourth-order valence-corrected chi connectivity index (χ4v) is 2.96. The molecule has 3 rings (SSSR count). The molecule has 7 heteroatoms. The van der Waals surface area contributed by atoms with Gasteiger partial charge in [0, 0.05) is 19.6 Å². The summed E-state index contributed by atoms with van der Waals surface area (Å²) in [6, 6.07) is 16.0. The summed E-state index contributed by atoms with van der Waals surface area (Å²) in [5, 5.41) is 9.33. The number of nitrogens with one attached hydrogen (secondary N) is 3. The molecule has 0 radical (unpaired) electrons. The summed E-state index contributed by atoms with van der Waals surface area (Å²) in [6.45, 7) is 4.39. The minimum absolute atomic E-state index is 0.0890. The quantitative estimate of drug-likeness (QED) is 0.445. The van der Waals surface area contributed by atoms with Crippen LogP contribution in [0.25, 0.3) is 0 Å². The van der Waals surface area contributed by atoms with Gasteiger partial charge >= 0.3 is 0 Å². The molecular weight excluding hydrogens is 368 g/mol. The van der Waals surface area contributed by atoms with Crippen molar-refractivity contribution < 1.29 is 14.3 Å². The van der Waals surface area contributed by atoms with E-state index >= 15 is 0 Å². The Morgan fingerprint density at radius 2 is 1.69 bits per heavy atom. The molecule has 0 aliphatic carbocycles. The van der Waals surface area contributed by atoms with E-state index in [1.807, 2.05) is 43.3 Å². The second-order valence-electron chi connectivity index (χ2n) is 6.65. The molecule has 1 amide bonds. The van der Waals surface area contributed by atoms with Gasteiger partial charge in [-0.05, 0) is 43.0 Å². The summed E-state index contributed by atoms with van der Waals surface area (Å²) in [6.07, 6.45) is 1.62. The first kappa shape index (κ1) is 20.5. The molecule has 0 saturated carbocycles. The van der Waals surface area contributed by atoms with Crippen LogP contribution in [0.3, 0.4) is 0 Å². The second-order valence-corrected chi connectivity index (χ2v) is 6.65. The predicted molar refractivity (Wildman–Crippen MR) is 113 cm³/mol. The lowest BCUT2D eigenvalue weighted by Crippen LogP contribution is -2.39. The van der Waals surface area contributed by atoms with Gasteiger partial charge in [0.05, 0.1) is 0 Å². The van der Waals surface area contributed by atoms with Crippen LogP contribution in [0.5, 0.6) is 11.5 Å². The van der Waals surface area contributed by atoms with Crippen molar-refractivity contribution in [1.29, 1.82) is 0 Å². The fourth-order valence-electron chi connectivity index (χ4n) is 2.96. The third-order valence-corrected chi connectivity index (χ3v) is 4.45. The standard InChI is InChI=1S/C22H28N4O3/c1-2-23-22(25-13-11-18-8-9-19-20(14-18)29-16-28-19)26-15-21(27)24-12-10-17-6-4-3-5-7-17/h3-9,14H,2,10-13,15-16H2,1H3,(H,24,27)(H2,23,25,26). The lowest BCUT2D eigenvalue weighted by Gasteiger charge is -2.11. The van der Waals surface area contributed by atoms with Crippen molar-refractivity contribution in [1.82, 2.24) is 16.0 Å². The summed E-state index contributed by atoms with van der Waals surface area (Å²) in [5.74, 6) is 2.12. The number of carbonyl (C=O) groups is 1. The number of rotatable bonds is 9. The van der Waals surface area contributed by atoms with E-state index in [2.05, 4.69) is 33.1 Å². The molecule has 1 aliphatic heterocycles. The molecule has 29 heavy (non-hydrogen) atoms. The molecule has 0 atom stereocenters. The van der Waals surface area contributed by atoms with Crippen LogP contribution in [0.15, 0.2) is 53.5 Å². The van der Waals surface area contributed by atoms with E-state index in [0.29, 0.717) is 19.0 Å². The first-order valence-electron chi connectivity index (χ1n) is 9.96. The fraction of sp³-hybridized carbons (Fsp3) is 0.364. The molecule has 0 fully saturated rings. The van der Waals surface area contributed by atoms with Crippen LogP contribution in [0.1, 0.15) is 18.1 Å². The number of carbonyl (C=O) groups excluding carboxylic acids is 1. The largest absolute Gasteiger partial charge is 0.454 e. The number of guanidine groups is 1. The number of hydrogen-bond acceptors (Lipinski definition) is 4. The van der Waals surface area contributed by atoms with E-state index in [9.17, 15) is 4.79 Å². The van der Waals surface area contributed by atoms with Crippen LogP contribution in [0.4, 0.5) is 0 Å². The second kappa shape index (κ2) is 10.9. The first-order chi connectivity index (χ1) is 14.2. The average Bonchev–Trinajstić information content (AvgIpc) is 3.21. The minimum atomic E-state index is -0.0890. The van der Waals surface area contributed by atoms with Gasteiger partial charge in [0.15, 0.2) is 17.5 Å². The zero-order valence-corrected chi connectivity index (χ0v) is 16.7. The van der Waals surface area contributed by atoms with Crippen LogP contribution >= 0.6 is 0 Å². The van der Waals surface area contributed by atoms with Crippen molar-refractivity contribution in [2.75, 3.05) is 33.0 Å². The Labute approximate surface area is 171 Å². The SMILES string of the molecule is CCNC(=NCC(=O)NCCc1ccccc1)NCCc1ccc2c(c1)OCO2. The van der Waals surface area contributed by atoms with Crippen molar-refractivity contribution in [3.8, 4) is 11.5 Å². The molecule has 0 spiro atoms. The van der Waals surface area contributed by atoms with Gasteiger partial charge in [-0.15, -0.1) is 0 Å². The Kier molecular flexibility index (Phi) is 7.74. The van der Waals surface area contributed by atoms with Gasteiger partial charge in [-0.1, -0.05) is 36.4 Å². The zero-order chi connectivity index (χ0) is 20.3. The van der Waals surface area contributed by atoms with E-state index < -0.39 is 0 Å². The van der Waals surface area contributed by atoms with Crippen molar-refractivity contribution in [3.63, 3.8) is 0 Å². The Morgan fingerprint density at radius 1 is 0.931 bits per heavy atom. The lowest BCUT2D eigenvalue weighted by molar-refractivity contribution is -0.119. The summed E-state index contributed by atoms with van der Waals surface area (Å²) < 4.78 is 10.7. The highest BCUT2D eigenvalue weighted by Crippen LogP contribution is 2.32. The van der Waals surface area contributed by atoms with Gasteiger partial charge < -0.3 is 25.4 Å². The van der Waals surface area contributed by atoms with Gasteiger partial charge in [0.1, 0.15) is 6.54 Å². The third kappa shape index (κ3) is 6.71.